The maximum Gasteiger partial charge on any atom is 0.412 e. The summed E-state index contributed by atoms with van der Waals surface area (Å²) in [5, 5.41) is 15.1. The number of fused-ring (bicyclic) bond motifs is 3. The molecule has 1 aliphatic rings. The summed E-state index contributed by atoms with van der Waals surface area (Å²) in [6.07, 6.45) is -3.64. The van der Waals surface area contributed by atoms with Gasteiger partial charge >= 0.3 is 12.1 Å². The Balaban J connectivity index is 1.47. The molecule has 30 heavy (non-hydrogen) atoms. The Morgan fingerprint density at radius 2 is 1.70 bits per heavy atom. The molecule has 9 heteroatoms. The van der Waals surface area contributed by atoms with E-state index in [1.165, 1.54) is 0 Å². The third kappa shape index (κ3) is 3.73. The smallest absolute Gasteiger partial charge is 0.412 e. The van der Waals surface area contributed by atoms with Crippen LogP contribution in [0.3, 0.4) is 0 Å². The van der Waals surface area contributed by atoms with Crippen molar-refractivity contribution in [1.29, 1.82) is 0 Å². The summed E-state index contributed by atoms with van der Waals surface area (Å²) in [7, 11) is 0. The van der Waals surface area contributed by atoms with Crippen LogP contribution in [0.1, 0.15) is 27.5 Å². The van der Waals surface area contributed by atoms with Crippen molar-refractivity contribution in [1.82, 2.24) is 9.78 Å². The van der Waals surface area contributed by atoms with Gasteiger partial charge in [0.1, 0.15) is 18.8 Å². The lowest BCUT2D eigenvalue weighted by molar-refractivity contribution is 0.0671. The molecule has 4 rings (SSSR count). The monoisotopic (exact) mass is 413 g/mol. The number of halogens is 2. The molecule has 1 aliphatic carbocycles. The van der Waals surface area contributed by atoms with Crippen LogP contribution < -0.4 is 5.32 Å². The van der Waals surface area contributed by atoms with Crippen molar-refractivity contribution in [3.05, 3.63) is 71.4 Å². The molecule has 0 aliphatic heterocycles. The van der Waals surface area contributed by atoms with E-state index in [1.807, 2.05) is 48.5 Å². The molecule has 1 aromatic heterocycles. The minimum atomic E-state index is -2.79. The molecule has 0 saturated carbocycles. The van der Waals surface area contributed by atoms with Gasteiger partial charge in [0.05, 0.1) is 0 Å². The van der Waals surface area contributed by atoms with E-state index in [1.54, 1.807) is 0 Å². The molecule has 3 aromatic rings. The highest BCUT2D eigenvalue weighted by Gasteiger charge is 2.29. The van der Waals surface area contributed by atoms with Gasteiger partial charge < -0.3 is 9.84 Å². The number of hydrogen-bond acceptors (Lipinski definition) is 4. The van der Waals surface area contributed by atoms with E-state index >= 15 is 0 Å². The summed E-state index contributed by atoms with van der Waals surface area (Å²) in [5.74, 6) is -1.75. The molecular weight excluding hydrogens is 396 g/mol. The van der Waals surface area contributed by atoms with Crippen molar-refractivity contribution in [2.24, 2.45) is 0 Å². The van der Waals surface area contributed by atoms with Crippen molar-refractivity contribution in [2.45, 2.75) is 18.9 Å². The second-order valence-corrected chi connectivity index (χ2v) is 6.74. The van der Waals surface area contributed by atoms with E-state index < -0.39 is 30.7 Å². The zero-order chi connectivity index (χ0) is 21.3. The number of alkyl halides is 2. The highest BCUT2D eigenvalue weighted by molar-refractivity contribution is 5.89. The molecule has 0 atom stereocenters. The summed E-state index contributed by atoms with van der Waals surface area (Å²) in [5.41, 5.74) is 3.80. The third-order valence-electron chi connectivity index (χ3n) is 4.88. The molecule has 0 spiro atoms. The number of benzene rings is 2. The van der Waals surface area contributed by atoms with Crippen molar-refractivity contribution in [3.63, 3.8) is 0 Å². The number of nitrogens with one attached hydrogen (secondary N) is 1. The summed E-state index contributed by atoms with van der Waals surface area (Å²) in [6, 6.07) is 16.7. The number of amides is 1. The Hall–Kier alpha value is -3.75. The number of carbonyl (C=O) groups is 2. The molecule has 1 heterocycles. The maximum atomic E-state index is 12.6. The van der Waals surface area contributed by atoms with E-state index in [0.717, 1.165) is 28.3 Å². The Bertz CT molecular complexity index is 1070. The fourth-order valence-electron chi connectivity index (χ4n) is 3.66. The Labute approximate surface area is 169 Å². The average molecular weight is 413 g/mol. The number of anilines is 1. The Morgan fingerprint density at radius 1 is 1.10 bits per heavy atom. The number of carboxylic acid groups (broad SMARTS) is 1. The molecule has 154 valence electrons. The number of carbonyl (C=O) groups excluding carboxylic acids is 1. The normalized spacial score (nSPS) is 12.5. The van der Waals surface area contributed by atoms with Gasteiger partial charge in [-0.15, -0.1) is 0 Å². The van der Waals surface area contributed by atoms with Crippen molar-refractivity contribution in [3.8, 4) is 11.1 Å². The van der Waals surface area contributed by atoms with E-state index in [9.17, 15) is 18.4 Å². The standard InChI is InChI=1S/C21H17F2N3O4/c22-18(23)10-26-17(20(27)28)9-19(25-26)24-21(29)30-11-16-14-7-3-1-5-12(14)13-6-2-4-8-15(13)16/h1-9,16,18H,10-11H2,(H,27,28)(H,24,25,29). The summed E-state index contributed by atoms with van der Waals surface area (Å²) < 4.78 is 31.2. The topological polar surface area (TPSA) is 93.5 Å². The molecule has 0 saturated heterocycles. The van der Waals surface area contributed by atoms with Crippen molar-refractivity contribution in [2.75, 3.05) is 11.9 Å². The van der Waals surface area contributed by atoms with E-state index in [4.69, 9.17) is 9.84 Å². The van der Waals surface area contributed by atoms with Crippen LogP contribution in [0.15, 0.2) is 54.6 Å². The van der Waals surface area contributed by atoms with Gasteiger partial charge in [0.15, 0.2) is 5.82 Å². The van der Waals surface area contributed by atoms with Gasteiger partial charge in [-0.1, -0.05) is 48.5 Å². The van der Waals surface area contributed by atoms with Crippen LogP contribution in [0.2, 0.25) is 0 Å². The fourth-order valence-corrected chi connectivity index (χ4v) is 3.66. The zero-order valence-electron chi connectivity index (χ0n) is 15.6. The van der Waals surface area contributed by atoms with Crippen LogP contribution in [-0.4, -0.2) is 40.0 Å². The van der Waals surface area contributed by atoms with E-state index in [-0.39, 0.29) is 18.3 Å². The Kier molecular flexibility index (Phi) is 5.18. The molecule has 0 radical (unpaired) electrons. The molecule has 7 nitrogen and oxygen atoms in total. The van der Waals surface area contributed by atoms with Crippen LogP contribution in [0, 0.1) is 0 Å². The molecule has 2 aromatic carbocycles. The van der Waals surface area contributed by atoms with Gasteiger partial charge in [0, 0.05) is 12.0 Å². The maximum absolute atomic E-state index is 12.6. The second kappa shape index (κ2) is 7.94. The van der Waals surface area contributed by atoms with E-state index in [2.05, 4.69) is 10.4 Å². The first-order valence-electron chi connectivity index (χ1n) is 9.15. The molecule has 1 amide bonds. The lowest BCUT2D eigenvalue weighted by Crippen LogP contribution is -2.18. The molecule has 0 fully saturated rings. The average Bonchev–Trinajstić information content (AvgIpc) is 3.25. The number of carboxylic acids is 1. The van der Waals surface area contributed by atoms with Crippen molar-refractivity contribution < 1.29 is 28.2 Å². The van der Waals surface area contributed by atoms with Gasteiger partial charge in [-0.2, -0.15) is 5.10 Å². The fraction of sp³-hybridized carbons (Fsp3) is 0.190. The molecule has 0 bridgehead atoms. The second-order valence-electron chi connectivity index (χ2n) is 6.74. The predicted molar refractivity (Wildman–Crippen MR) is 104 cm³/mol. The van der Waals surface area contributed by atoms with Crippen LogP contribution in [-0.2, 0) is 11.3 Å². The largest absolute Gasteiger partial charge is 0.477 e. The quantitative estimate of drug-likeness (QED) is 0.632. The van der Waals surface area contributed by atoms with Gasteiger partial charge in [-0.05, 0) is 22.3 Å². The lowest BCUT2D eigenvalue weighted by atomic mass is 9.98. The van der Waals surface area contributed by atoms with Gasteiger partial charge in [-0.25, -0.2) is 18.4 Å². The Morgan fingerprint density at radius 3 is 2.27 bits per heavy atom. The third-order valence-corrected chi connectivity index (χ3v) is 4.88. The first kappa shape index (κ1) is 19.6. The van der Waals surface area contributed by atoms with Crippen molar-refractivity contribution >= 4 is 17.9 Å². The number of aromatic nitrogens is 2. The first-order chi connectivity index (χ1) is 14.4. The van der Waals surface area contributed by atoms with Crippen LogP contribution in [0.4, 0.5) is 19.4 Å². The highest BCUT2D eigenvalue weighted by atomic mass is 19.3. The lowest BCUT2D eigenvalue weighted by Gasteiger charge is -2.14. The van der Waals surface area contributed by atoms with E-state index in [0.29, 0.717) is 4.68 Å². The van der Waals surface area contributed by atoms with Gasteiger partial charge in [0.25, 0.3) is 6.43 Å². The highest BCUT2D eigenvalue weighted by Crippen LogP contribution is 2.44. The van der Waals surface area contributed by atoms with Crippen LogP contribution in [0.5, 0.6) is 0 Å². The molecule has 2 N–H and O–H groups in total. The van der Waals surface area contributed by atoms with Gasteiger partial charge in [0.2, 0.25) is 0 Å². The summed E-state index contributed by atoms with van der Waals surface area (Å²) in [4.78, 5) is 23.4. The molecule has 0 unspecified atom stereocenters. The number of hydrogen-bond donors (Lipinski definition) is 2. The first-order valence-corrected chi connectivity index (χ1v) is 9.15. The minimum absolute atomic E-state index is 0.0589. The van der Waals surface area contributed by atoms with Crippen LogP contribution >= 0.6 is 0 Å². The zero-order valence-corrected chi connectivity index (χ0v) is 15.6. The number of rotatable bonds is 6. The number of nitrogens with zero attached hydrogens (tertiary/aromatic N) is 2. The van der Waals surface area contributed by atoms with Gasteiger partial charge in [-0.3, -0.25) is 10.00 Å². The predicted octanol–water partition coefficient (Wildman–Crippen LogP) is 4.21. The summed E-state index contributed by atoms with van der Waals surface area (Å²) >= 11 is 0. The number of ether oxygens (including phenoxy) is 1. The number of aromatic carboxylic acids is 1. The summed E-state index contributed by atoms with van der Waals surface area (Å²) in [6.45, 7) is -0.836. The minimum Gasteiger partial charge on any atom is -0.477 e. The SMILES string of the molecule is O=C(Nc1cc(C(=O)O)n(CC(F)F)n1)OCC1c2ccccc2-c2ccccc21. The molecular formula is C21H17F2N3O4. The van der Waals surface area contributed by atoms with Crippen LogP contribution in [0.25, 0.3) is 11.1 Å².